The molecule has 7 nitrogen and oxygen atoms in total. The summed E-state index contributed by atoms with van der Waals surface area (Å²) in [5.41, 5.74) is 1.29. The number of hydrogen-bond donors (Lipinski definition) is 0. The highest BCUT2D eigenvalue weighted by Gasteiger charge is 2.43. The minimum absolute atomic E-state index is 0.105. The third kappa shape index (κ3) is 4.26. The number of methoxy groups -OCH3 is 2. The molecule has 3 aliphatic heterocycles. The van der Waals surface area contributed by atoms with E-state index in [1.54, 1.807) is 19.1 Å². The number of hydrogen-bond acceptors (Lipinski definition) is 5. The molecule has 2 amide bonds. The van der Waals surface area contributed by atoms with E-state index in [0.29, 0.717) is 6.42 Å². The Morgan fingerprint density at radius 3 is 2.67 bits per heavy atom. The summed E-state index contributed by atoms with van der Waals surface area (Å²) >= 11 is 0. The highest BCUT2D eigenvalue weighted by molar-refractivity contribution is 5.86. The molecule has 1 unspecified atom stereocenters. The van der Waals surface area contributed by atoms with Crippen molar-refractivity contribution in [3.63, 3.8) is 0 Å². The van der Waals surface area contributed by atoms with Crippen LogP contribution in [-0.2, 0) is 16.1 Å². The summed E-state index contributed by atoms with van der Waals surface area (Å²) in [7, 11) is 3.35. The minimum Gasteiger partial charge on any atom is -0.493 e. The van der Waals surface area contributed by atoms with Gasteiger partial charge in [0.05, 0.1) is 20.8 Å². The highest BCUT2D eigenvalue weighted by Crippen LogP contribution is 2.40. The molecule has 4 rings (SSSR count). The van der Waals surface area contributed by atoms with E-state index in [1.165, 1.54) is 0 Å². The lowest BCUT2D eigenvalue weighted by molar-refractivity contribution is -0.138. The molecular weight excluding hydrogens is 382 g/mol. The fourth-order valence-corrected chi connectivity index (χ4v) is 5.38. The Balaban J connectivity index is 1.38. The Kier molecular flexibility index (Phi) is 6.18. The number of nitrogens with zero attached hydrogens (tertiary/aromatic N) is 3. The summed E-state index contributed by atoms with van der Waals surface area (Å²) < 4.78 is 11.1. The molecule has 0 aliphatic carbocycles. The first-order valence-electron chi connectivity index (χ1n) is 11.0. The fourth-order valence-electron chi connectivity index (χ4n) is 5.38. The predicted molar refractivity (Wildman–Crippen MR) is 114 cm³/mol. The van der Waals surface area contributed by atoms with Gasteiger partial charge >= 0.3 is 0 Å². The maximum atomic E-state index is 12.8. The molecule has 3 saturated heterocycles. The Morgan fingerprint density at radius 2 is 1.93 bits per heavy atom. The first-order chi connectivity index (χ1) is 14.5. The number of carbonyl (C=O) groups is 2. The van der Waals surface area contributed by atoms with Gasteiger partial charge in [-0.2, -0.15) is 0 Å². The molecule has 0 bridgehead atoms. The van der Waals surface area contributed by atoms with Crippen LogP contribution in [0.5, 0.6) is 11.5 Å². The average molecular weight is 416 g/mol. The SMILES string of the molecule is COc1cccc(CN2CCCC3(CCN(C(=O)CN4CCCC4=O)C3)C2)c1OC. The number of rotatable bonds is 6. The van der Waals surface area contributed by atoms with Gasteiger partial charge in [0, 0.05) is 50.1 Å². The molecule has 1 aromatic carbocycles. The number of amides is 2. The standard InChI is InChI=1S/C23H33N3O4/c1-29-19-7-3-6-18(22(19)30-2)14-24-11-5-9-23(16-24)10-13-26(17-23)21(28)15-25-12-4-8-20(25)27/h3,6-7H,4-5,8-17H2,1-2H3. The summed E-state index contributed by atoms with van der Waals surface area (Å²) in [5.74, 6) is 1.79. The predicted octanol–water partition coefficient (Wildman–Crippen LogP) is 2.14. The van der Waals surface area contributed by atoms with E-state index in [1.807, 2.05) is 17.0 Å². The van der Waals surface area contributed by atoms with Gasteiger partial charge in [0.15, 0.2) is 11.5 Å². The van der Waals surface area contributed by atoms with Crippen LogP contribution < -0.4 is 9.47 Å². The molecular formula is C23H33N3O4. The normalized spacial score (nSPS) is 24.7. The van der Waals surface area contributed by atoms with Gasteiger partial charge in [0.2, 0.25) is 11.8 Å². The molecule has 0 saturated carbocycles. The summed E-state index contributed by atoms with van der Waals surface area (Å²) in [5, 5.41) is 0. The highest BCUT2D eigenvalue weighted by atomic mass is 16.5. The molecule has 0 N–H and O–H groups in total. The van der Waals surface area contributed by atoms with Crippen LogP contribution in [-0.4, -0.2) is 80.0 Å². The van der Waals surface area contributed by atoms with E-state index >= 15 is 0 Å². The van der Waals surface area contributed by atoms with Crippen molar-refractivity contribution in [2.24, 2.45) is 5.41 Å². The third-order valence-corrected chi connectivity index (χ3v) is 6.91. The van der Waals surface area contributed by atoms with E-state index in [2.05, 4.69) is 11.0 Å². The average Bonchev–Trinajstić information content (AvgIpc) is 3.34. The summed E-state index contributed by atoms with van der Waals surface area (Å²) in [6, 6.07) is 6.03. The van der Waals surface area contributed by atoms with Crippen LogP contribution in [0, 0.1) is 5.41 Å². The van der Waals surface area contributed by atoms with Crippen molar-refractivity contribution in [2.75, 3.05) is 53.5 Å². The second kappa shape index (κ2) is 8.84. The van der Waals surface area contributed by atoms with Gasteiger partial charge in [0.25, 0.3) is 0 Å². The number of ether oxygens (including phenoxy) is 2. The number of carbonyl (C=O) groups excluding carboxylic acids is 2. The first-order valence-corrected chi connectivity index (χ1v) is 11.0. The Labute approximate surface area is 178 Å². The lowest BCUT2D eigenvalue weighted by Crippen LogP contribution is -2.46. The lowest BCUT2D eigenvalue weighted by Gasteiger charge is -2.40. The molecule has 7 heteroatoms. The molecule has 3 aliphatic rings. The molecule has 1 atom stereocenters. The van der Waals surface area contributed by atoms with Gasteiger partial charge in [-0.1, -0.05) is 12.1 Å². The third-order valence-electron chi connectivity index (χ3n) is 6.91. The summed E-state index contributed by atoms with van der Waals surface area (Å²) in [6.07, 6.45) is 4.79. The van der Waals surface area contributed by atoms with Crippen molar-refractivity contribution in [3.8, 4) is 11.5 Å². The van der Waals surface area contributed by atoms with Crippen LogP contribution in [0.3, 0.4) is 0 Å². The van der Waals surface area contributed by atoms with Crippen molar-refractivity contribution in [1.29, 1.82) is 0 Å². The van der Waals surface area contributed by atoms with Crippen molar-refractivity contribution in [2.45, 2.75) is 38.6 Å². The fraction of sp³-hybridized carbons (Fsp3) is 0.652. The number of benzene rings is 1. The van der Waals surface area contributed by atoms with E-state index in [-0.39, 0.29) is 23.8 Å². The van der Waals surface area contributed by atoms with Crippen LogP contribution in [0.4, 0.5) is 0 Å². The molecule has 0 aromatic heterocycles. The van der Waals surface area contributed by atoms with Crippen molar-refractivity contribution in [1.82, 2.24) is 14.7 Å². The van der Waals surface area contributed by atoms with Crippen LogP contribution in [0.1, 0.15) is 37.7 Å². The van der Waals surface area contributed by atoms with E-state index in [0.717, 1.165) is 82.0 Å². The van der Waals surface area contributed by atoms with Gasteiger partial charge in [-0.15, -0.1) is 0 Å². The second-order valence-electron chi connectivity index (χ2n) is 8.95. The lowest BCUT2D eigenvalue weighted by atomic mass is 9.79. The van der Waals surface area contributed by atoms with Gasteiger partial charge in [-0.05, 0) is 38.3 Å². The van der Waals surface area contributed by atoms with E-state index in [9.17, 15) is 9.59 Å². The number of likely N-dealkylation sites (tertiary alicyclic amines) is 3. The zero-order chi connectivity index (χ0) is 21.1. The zero-order valence-electron chi connectivity index (χ0n) is 18.2. The van der Waals surface area contributed by atoms with Gasteiger partial charge in [0.1, 0.15) is 0 Å². The quantitative estimate of drug-likeness (QED) is 0.712. The van der Waals surface area contributed by atoms with Crippen LogP contribution >= 0.6 is 0 Å². The molecule has 164 valence electrons. The maximum Gasteiger partial charge on any atom is 0.242 e. The van der Waals surface area contributed by atoms with Crippen molar-refractivity contribution < 1.29 is 19.1 Å². The molecule has 1 spiro atoms. The Hall–Kier alpha value is -2.28. The van der Waals surface area contributed by atoms with Crippen LogP contribution in [0.15, 0.2) is 18.2 Å². The molecule has 3 fully saturated rings. The largest absolute Gasteiger partial charge is 0.493 e. The maximum absolute atomic E-state index is 12.8. The number of para-hydroxylation sites is 1. The van der Waals surface area contributed by atoms with Crippen molar-refractivity contribution >= 4 is 11.8 Å². The monoisotopic (exact) mass is 415 g/mol. The summed E-state index contributed by atoms with van der Waals surface area (Å²) in [4.78, 5) is 30.8. The van der Waals surface area contributed by atoms with Crippen molar-refractivity contribution in [3.05, 3.63) is 23.8 Å². The van der Waals surface area contributed by atoms with Crippen LogP contribution in [0.2, 0.25) is 0 Å². The molecule has 30 heavy (non-hydrogen) atoms. The topological polar surface area (TPSA) is 62.3 Å². The first kappa shape index (κ1) is 21.0. The Morgan fingerprint density at radius 1 is 1.07 bits per heavy atom. The van der Waals surface area contributed by atoms with Gasteiger partial charge in [-0.25, -0.2) is 0 Å². The summed E-state index contributed by atoms with van der Waals surface area (Å²) in [6.45, 7) is 5.44. The minimum atomic E-state index is 0.105. The second-order valence-corrected chi connectivity index (χ2v) is 8.95. The molecule has 1 aromatic rings. The molecule has 0 radical (unpaired) electrons. The van der Waals surface area contributed by atoms with Gasteiger partial charge in [-0.3, -0.25) is 14.5 Å². The molecule has 3 heterocycles. The Bertz CT molecular complexity index is 799. The zero-order valence-corrected chi connectivity index (χ0v) is 18.2. The van der Waals surface area contributed by atoms with Crippen LogP contribution in [0.25, 0.3) is 0 Å². The van der Waals surface area contributed by atoms with E-state index in [4.69, 9.17) is 9.47 Å². The smallest absolute Gasteiger partial charge is 0.242 e. The van der Waals surface area contributed by atoms with E-state index < -0.39 is 0 Å². The number of piperidine rings is 1. The van der Waals surface area contributed by atoms with Gasteiger partial charge < -0.3 is 19.3 Å².